The lowest BCUT2D eigenvalue weighted by molar-refractivity contribution is 0.299. The molecule has 1 atom stereocenters. The van der Waals surface area contributed by atoms with E-state index >= 15 is 0 Å². The van der Waals surface area contributed by atoms with Crippen LogP contribution < -0.4 is 11.5 Å². The van der Waals surface area contributed by atoms with Crippen LogP contribution in [-0.4, -0.2) is 11.0 Å². The third-order valence-corrected chi connectivity index (χ3v) is 3.29. The number of nitrogen functional groups attached to an aromatic ring is 1. The summed E-state index contributed by atoms with van der Waals surface area (Å²) in [5.41, 5.74) is 14.7. The van der Waals surface area contributed by atoms with E-state index in [2.05, 4.69) is 24.9 Å². The molecule has 0 amide bonds. The monoisotopic (exact) mass is 231 g/mol. The standard InChI is InChI=1S/C14H21N3/c1-14(2)8-10(7-12(15)9-14)6-11-4-3-5-17-13(11)16/h3-5,7,12H,6,8-9,15H2,1-2H3,(H2,16,17). The SMILES string of the molecule is CC1(C)CC(Cc2cccnc2N)=CC(N)C1. The van der Waals surface area contributed by atoms with Crippen LogP contribution in [0.1, 0.15) is 32.3 Å². The molecule has 0 fully saturated rings. The number of rotatable bonds is 2. The Kier molecular flexibility index (Phi) is 3.20. The highest BCUT2D eigenvalue weighted by Crippen LogP contribution is 2.36. The molecule has 1 aromatic heterocycles. The van der Waals surface area contributed by atoms with Crippen LogP contribution in [0.3, 0.4) is 0 Å². The van der Waals surface area contributed by atoms with Gasteiger partial charge in [0.05, 0.1) is 0 Å². The van der Waals surface area contributed by atoms with Crippen molar-refractivity contribution in [2.75, 3.05) is 5.73 Å². The second-order valence-corrected chi connectivity index (χ2v) is 5.76. The molecule has 0 radical (unpaired) electrons. The van der Waals surface area contributed by atoms with Crippen LogP contribution in [0, 0.1) is 5.41 Å². The summed E-state index contributed by atoms with van der Waals surface area (Å²) < 4.78 is 0. The van der Waals surface area contributed by atoms with Gasteiger partial charge in [-0.3, -0.25) is 0 Å². The molecule has 0 aliphatic heterocycles. The largest absolute Gasteiger partial charge is 0.383 e. The highest BCUT2D eigenvalue weighted by molar-refractivity contribution is 5.41. The minimum absolute atomic E-state index is 0.173. The molecule has 0 spiro atoms. The minimum Gasteiger partial charge on any atom is -0.383 e. The highest BCUT2D eigenvalue weighted by Gasteiger charge is 2.26. The summed E-state index contributed by atoms with van der Waals surface area (Å²) in [6.45, 7) is 4.54. The van der Waals surface area contributed by atoms with Gasteiger partial charge in [-0.25, -0.2) is 4.98 Å². The average molecular weight is 231 g/mol. The van der Waals surface area contributed by atoms with Crippen molar-refractivity contribution in [1.82, 2.24) is 4.98 Å². The third kappa shape index (κ3) is 3.07. The van der Waals surface area contributed by atoms with Crippen LogP contribution in [0.15, 0.2) is 30.0 Å². The molecule has 92 valence electrons. The van der Waals surface area contributed by atoms with Gasteiger partial charge in [0.15, 0.2) is 0 Å². The fraction of sp³-hybridized carbons (Fsp3) is 0.500. The Hall–Kier alpha value is -1.35. The van der Waals surface area contributed by atoms with Crippen molar-refractivity contribution in [3.8, 4) is 0 Å². The van der Waals surface area contributed by atoms with Crippen LogP contribution in [0.2, 0.25) is 0 Å². The Bertz CT molecular complexity index is 435. The molecule has 1 heterocycles. The summed E-state index contributed by atoms with van der Waals surface area (Å²) in [5.74, 6) is 0.630. The van der Waals surface area contributed by atoms with Gasteiger partial charge in [0, 0.05) is 12.2 Å². The van der Waals surface area contributed by atoms with Crippen LogP contribution in [0.5, 0.6) is 0 Å². The number of hydrogen-bond donors (Lipinski definition) is 2. The lowest BCUT2D eigenvalue weighted by Crippen LogP contribution is -2.31. The molecule has 4 N–H and O–H groups in total. The van der Waals surface area contributed by atoms with Crippen molar-refractivity contribution < 1.29 is 0 Å². The van der Waals surface area contributed by atoms with E-state index in [1.807, 2.05) is 12.1 Å². The number of pyridine rings is 1. The molecule has 1 aliphatic carbocycles. The summed E-state index contributed by atoms with van der Waals surface area (Å²) >= 11 is 0. The van der Waals surface area contributed by atoms with Crippen LogP contribution in [0.4, 0.5) is 5.82 Å². The van der Waals surface area contributed by atoms with Gasteiger partial charge < -0.3 is 11.5 Å². The van der Waals surface area contributed by atoms with Gasteiger partial charge >= 0.3 is 0 Å². The van der Waals surface area contributed by atoms with Crippen molar-refractivity contribution in [2.24, 2.45) is 11.1 Å². The Balaban J connectivity index is 2.17. The average Bonchev–Trinajstić information content (AvgIpc) is 2.18. The smallest absolute Gasteiger partial charge is 0.126 e. The molecule has 17 heavy (non-hydrogen) atoms. The zero-order chi connectivity index (χ0) is 12.5. The number of allylic oxidation sites excluding steroid dienone is 1. The Labute approximate surface area is 103 Å². The van der Waals surface area contributed by atoms with Gasteiger partial charge in [0.25, 0.3) is 0 Å². The van der Waals surface area contributed by atoms with Crippen LogP contribution in [0.25, 0.3) is 0 Å². The van der Waals surface area contributed by atoms with Gasteiger partial charge in [-0.05, 0) is 36.3 Å². The summed E-state index contributed by atoms with van der Waals surface area (Å²) in [4.78, 5) is 4.12. The molecule has 3 nitrogen and oxygen atoms in total. The maximum Gasteiger partial charge on any atom is 0.126 e. The van der Waals surface area contributed by atoms with Crippen molar-refractivity contribution in [3.05, 3.63) is 35.5 Å². The molecule has 1 aliphatic rings. The number of nitrogens with two attached hydrogens (primary N) is 2. The third-order valence-electron chi connectivity index (χ3n) is 3.29. The first-order chi connectivity index (χ1) is 7.96. The first-order valence-corrected chi connectivity index (χ1v) is 6.11. The minimum atomic E-state index is 0.173. The van der Waals surface area contributed by atoms with E-state index in [0.717, 1.165) is 24.8 Å². The van der Waals surface area contributed by atoms with E-state index in [-0.39, 0.29) is 6.04 Å². The van der Waals surface area contributed by atoms with E-state index < -0.39 is 0 Å². The predicted octanol–water partition coefficient (Wildman–Crippen LogP) is 2.28. The molecule has 2 rings (SSSR count). The Morgan fingerprint density at radius 2 is 2.24 bits per heavy atom. The zero-order valence-corrected chi connectivity index (χ0v) is 10.6. The fourth-order valence-electron chi connectivity index (χ4n) is 2.71. The number of hydrogen-bond acceptors (Lipinski definition) is 3. The quantitative estimate of drug-likeness (QED) is 0.767. The molecule has 1 unspecified atom stereocenters. The molecular formula is C14H21N3. The summed E-state index contributed by atoms with van der Waals surface area (Å²) in [7, 11) is 0. The van der Waals surface area contributed by atoms with Crippen molar-refractivity contribution in [1.29, 1.82) is 0 Å². The van der Waals surface area contributed by atoms with Crippen molar-refractivity contribution in [3.63, 3.8) is 0 Å². The molecule has 1 aromatic rings. The van der Waals surface area contributed by atoms with Gasteiger partial charge in [0.2, 0.25) is 0 Å². The maximum atomic E-state index is 6.07. The van der Waals surface area contributed by atoms with Crippen LogP contribution in [-0.2, 0) is 6.42 Å². The maximum absolute atomic E-state index is 6.07. The van der Waals surface area contributed by atoms with Crippen LogP contribution >= 0.6 is 0 Å². The summed E-state index contributed by atoms with van der Waals surface area (Å²) in [6.07, 6.45) is 6.94. The molecule has 3 heteroatoms. The molecular weight excluding hydrogens is 210 g/mol. The molecule has 0 bridgehead atoms. The lowest BCUT2D eigenvalue weighted by Gasteiger charge is -2.33. The van der Waals surface area contributed by atoms with E-state index in [1.54, 1.807) is 6.20 Å². The second-order valence-electron chi connectivity index (χ2n) is 5.76. The van der Waals surface area contributed by atoms with Gasteiger partial charge in [0.1, 0.15) is 5.82 Å². The molecule has 0 saturated heterocycles. The van der Waals surface area contributed by atoms with E-state index in [4.69, 9.17) is 11.5 Å². The number of nitrogens with zero attached hydrogens (tertiary/aromatic N) is 1. The predicted molar refractivity (Wildman–Crippen MR) is 71.4 cm³/mol. The normalized spacial score (nSPS) is 23.2. The highest BCUT2D eigenvalue weighted by atomic mass is 14.8. The first-order valence-electron chi connectivity index (χ1n) is 6.11. The van der Waals surface area contributed by atoms with E-state index in [9.17, 15) is 0 Å². The number of anilines is 1. The molecule has 0 aromatic carbocycles. The van der Waals surface area contributed by atoms with Crippen molar-refractivity contribution >= 4 is 5.82 Å². The number of aromatic nitrogens is 1. The van der Waals surface area contributed by atoms with Gasteiger partial charge in [-0.1, -0.05) is 31.6 Å². The lowest BCUT2D eigenvalue weighted by atomic mass is 9.74. The Morgan fingerprint density at radius 3 is 2.88 bits per heavy atom. The van der Waals surface area contributed by atoms with Gasteiger partial charge in [-0.15, -0.1) is 0 Å². The van der Waals surface area contributed by atoms with E-state index in [1.165, 1.54) is 5.57 Å². The van der Waals surface area contributed by atoms with E-state index in [0.29, 0.717) is 11.2 Å². The zero-order valence-electron chi connectivity index (χ0n) is 10.6. The van der Waals surface area contributed by atoms with Crippen molar-refractivity contribution in [2.45, 2.75) is 39.2 Å². The molecule has 0 saturated carbocycles. The van der Waals surface area contributed by atoms with Gasteiger partial charge in [-0.2, -0.15) is 0 Å². The first kappa shape index (κ1) is 12.1. The summed E-state index contributed by atoms with van der Waals surface area (Å²) in [5, 5.41) is 0. The second kappa shape index (κ2) is 4.49. The fourth-order valence-corrected chi connectivity index (χ4v) is 2.71. The summed E-state index contributed by atoms with van der Waals surface area (Å²) in [6, 6.07) is 4.14. The Morgan fingerprint density at radius 1 is 1.47 bits per heavy atom. The topological polar surface area (TPSA) is 64.9 Å².